The summed E-state index contributed by atoms with van der Waals surface area (Å²) in [6.45, 7) is 4.35. The zero-order valence-corrected chi connectivity index (χ0v) is 8.69. The topological polar surface area (TPSA) is 55.2 Å². The predicted molar refractivity (Wildman–Crippen MR) is 57.1 cm³/mol. The maximum atomic E-state index is 9.62. The summed E-state index contributed by atoms with van der Waals surface area (Å²) in [7, 11) is 0. The van der Waals surface area contributed by atoms with E-state index in [0.717, 1.165) is 5.69 Å². The van der Waals surface area contributed by atoms with Crippen LogP contribution in [0.2, 0.25) is 0 Å². The Labute approximate surface area is 87.6 Å². The fraction of sp³-hybridized carbons (Fsp3) is 0.273. The molecule has 78 valence electrons. The molecule has 0 saturated carbocycles. The molecule has 0 aliphatic carbocycles. The van der Waals surface area contributed by atoms with Crippen molar-refractivity contribution in [3.8, 4) is 11.5 Å². The Bertz CT molecular complexity index is 497. The molecule has 4 nitrogen and oxygen atoms in total. The van der Waals surface area contributed by atoms with E-state index in [1.165, 1.54) is 12.3 Å². The van der Waals surface area contributed by atoms with Gasteiger partial charge in [0.2, 0.25) is 0 Å². The number of fused-ring (bicyclic) bond motifs is 1. The average molecular weight is 204 g/mol. The Morgan fingerprint density at radius 3 is 3.00 bits per heavy atom. The zero-order valence-electron chi connectivity index (χ0n) is 8.69. The van der Waals surface area contributed by atoms with Gasteiger partial charge >= 0.3 is 0 Å². The smallest absolute Gasteiger partial charge is 0.163 e. The molecule has 0 aliphatic heterocycles. The van der Waals surface area contributed by atoms with Crippen molar-refractivity contribution in [2.45, 2.75) is 13.8 Å². The third-order valence-electron chi connectivity index (χ3n) is 2.15. The van der Waals surface area contributed by atoms with Gasteiger partial charge in [-0.05, 0) is 26.0 Å². The Hall–Kier alpha value is -1.84. The van der Waals surface area contributed by atoms with Gasteiger partial charge < -0.3 is 9.84 Å². The Morgan fingerprint density at radius 1 is 1.47 bits per heavy atom. The van der Waals surface area contributed by atoms with Crippen LogP contribution in [0.4, 0.5) is 0 Å². The summed E-state index contributed by atoms with van der Waals surface area (Å²) in [6.07, 6.45) is 1.53. The normalized spacial score (nSPS) is 10.5. The first-order valence-electron chi connectivity index (χ1n) is 4.80. The van der Waals surface area contributed by atoms with Gasteiger partial charge in [0.05, 0.1) is 17.7 Å². The molecular weight excluding hydrogens is 192 g/mol. The molecule has 15 heavy (non-hydrogen) atoms. The summed E-state index contributed by atoms with van der Waals surface area (Å²) in [5.41, 5.74) is 1.32. The number of hydrogen-bond donors (Lipinski definition) is 1. The second kappa shape index (κ2) is 3.73. The average Bonchev–Trinajstić information content (AvgIpc) is 2.21. The lowest BCUT2D eigenvalue weighted by atomic mass is 10.2. The van der Waals surface area contributed by atoms with E-state index in [2.05, 4.69) is 9.97 Å². The van der Waals surface area contributed by atoms with Crippen molar-refractivity contribution < 1.29 is 9.84 Å². The van der Waals surface area contributed by atoms with Gasteiger partial charge in [-0.2, -0.15) is 0 Å². The molecule has 0 amide bonds. The summed E-state index contributed by atoms with van der Waals surface area (Å²) >= 11 is 0. The van der Waals surface area contributed by atoms with Crippen molar-refractivity contribution in [2.75, 3.05) is 6.61 Å². The van der Waals surface area contributed by atoms with E-state index in [0.29, 0.717) is 23.4 Å². The van der Waals surface area contributed by atoms with E-state index in [1.54, 1.807) is 6.07 Å². The third kappa shape index (κ3) is 1.70. The second-order valence-corrected chi connectivity index (χ2v) is 3.21. The number of ether oxygens (including phenoxy) is 1. The molecule has 0 atom stereocenters. The molecule has 1 N–H and O–H groups in total. The number of hydrogen-bond acceptors (Lipinski definition) is 4. The van der Waals surface area contributed by atoms with Gasteiger partial charge in [-0.3, -0.25) is 0 Å². The summed E-state index contributed by atoms with van der Waals surface area (Å²) < 4.78 is 5.40. The molecule has 0 unspecified atom stereocenters. The van der Waals surface area contributed by atoms with Gasteiger partial charge in [0.1, 0.15) is 11.5 Å². The van der Waals surface area contributed by atoms with Gasteiger partial charge in [-0.25, -0.2) is 9.97 Å². The molecule has 2 aromatic heterocycles. The fourth-order valence-electron chi connectivity index (χ4n) is 1.43. The van der Waals surface area contributed by atoms with Gasteiger partial charge in [0.25, 0.3) is 0 Å². The zero-order chi connectivity index (χ0) is 10.8. The number of aryl methyl sites for hydroxylation is 1. The molecule has 0 saturated heterocycles. The highest BCUT2D eigenvalue weighted by Gasteiger charge is 2.07. The lowest BCUT2D eigenvalue weighted by Gasteiger charge is -2.07. The van der Waals surface area contributed by atoms with Crippen LogP contribution < -0.4 is 4.74 Å². The minimum Gasteiger partial charge on any atom is -0.507 e. The van der Waals surface area contributed by atoms with E-state index >= 15 is 0 Å². The minimum absolute atomic E-state index is 0.174. The van der Waals surface area contributed by atoms with Crippen LogP contribution in [0.25, 0.3) is 11.0 Å². The fourth-order valence-corrected chi connectivity index (χ4v) is 1.43. The Morgan fingerprint density at radius 2 is 2.27 bits per heavy atom. The lowest BCUT2D eigenvalue weighted by molar-refractivity contribution is 0.336. The van der Waals surface area contributed by atoms with Gasteiger partial charge in [-0.15, -0.1) is 0 Å². The van der Waals surface area contributed by atoms with Gasteiger partial charge in [0.15, 0.2) is 5.65 Å². The molecular formula is C11H12N2O2. The molecule has 0 radical (unpaired) electrons. The third-order valence-corrected chi connectivity index (χ3v) is 2.15. The number of pyridine rings is 2. The quantitative estimate of drug-likeness (QED) is 0.813. The molecule has 2 aromatic rings. The maximum Gasteiger partial charge on any atom is 0.163 e. The first-order chi connectivity index (χ1) is 7.22. The number of nitrogens with zero attached hydrogens (tertiary/aromatic N) is 2. The van der Waals surface area contributed by atoms with Crippen molar-refractivity contribution in [1.29, 1.82) is 0 Å². The van der Waals surface area contributed by atoms with Crippen LogP contribution >= 0.6 is 0 Å². The molecule has 2 heterocycles. The Balaban J connectivity index is 2.66. The van der Waals surface area contributed by atoms with Crippen molar-refractivity contribution in [3.05, 3.63) is 24.0 Å². The van der Waals surface area contributed by atoms with Crippen molar-refractivity contribution >= 4 is 11.0 Å². The monoisotopic (exact) mass is 204 g/mol. The summed E-state index contributed by atoms with van der Waals surface area (Å²) in [5.74, 6) is 0.863. The standard InChI is InChI=1S/C11H12N2O2/c1-3-15-10-6-8-9(14)4-5-12-11(8)13-7(10)2/h4-6H,3H2,1-2H3,(H,12,13,14). The first-order valence-corrected chi connectivity index (χ1v) is 4.80. The molecule has 0 aliphatic rings. The van der Waals surface area contributed by atoms with Crippen molar-refractivity contribution in [1.82, 2.24) is 9.97 Å². The van der Waals surface area contributed by atoms with E-state index in [4.69, 9.17) is 4.74 Å². The lowest BCUT2D eigenvalue weighted by Crippen LogP contribution is -1.97. The van der Waals surface area contributed by atoms with Gasteiger partial charge in [0, 0.05) is 6.20 Å². The summed E-state index contributed by atoms with van der Waals surface area (Å²) in [5, 5.41) is 10.2. The maximum absolute atomic E-state index is 9.62. The van der Waals surface area contributed by atoms with Crippen molar-refractivity contribution in [2.24, 2.45) is 0 Å². The molecule has 0 fully saturated rings. The minimum atomic E-state index is 0.174. The van der Waals surface area contributed by atoms with Crippen LogP contribution in [0.1, 0.15) is 12.6 Å². The molecule has 0 bridgehead atoms. The van der Waals surface area contributed by atoms with Crippen LogP contribution in [0.5, 0.6) is 11.5 Å². The highest BCUT2D eigenvalue weighted by molar-refractivity contribution is 5.82. The first kappa shape index (κ1) is 9.71. The molecule has 0 spiro atoms. The van der Waals surface area contributed by atoms with Crippen LogP contribution in [0.3, 0.4) is 0 Å². The summed E-state index contributed by atoms with van der Waals surface area (Å²) in [6, 6.07) is 3.30. The highest BCUT2D eigenvalue weighted by Crippen LogP contribution is 2.27. The van der Waals surface area contributed by atoms with E-state index in [-0.39, 0.29) is 5.75 Å². The number of rotatable bonds is 2. The van der Waals surface area contributed by atoms with E-state index in [9.17, 15) is 5.11 Å². The van der Waals surface area contributed by atoms with Crippen molar-refractivity contribution in [3.63, 3.8) is 0 Å². The largest absolute Gasteiger partial charge is 0.507 e. The van der Waals surface area contributed by atoms with Crippen LogP contribution in [-0.2, 0) is 0 Å². The number of aromatic nitrogens is 2. The second-order valence-electron chi connectivity index (χ2n) is 3.21. The molecule has 0 aromatic carbocycles. The number of aromatic hydroxyl groups is 1. The van der Waals surface area contributed by atoms with E-state index in [1.807, 2.05) is 13.8 Å². The SMILES string of the molecule is CCOc1cc2c(O)ccnc2nc1C. The predicted octanol–water partition coefficient (Wildman–Crippen LogP) is 2.04. The molecule has 4 heteroatoms. The Kier molecular flexibility index (Phi) is 2.41. The van der Waals surface area contributed by atoms with E-state index < -0.39 is 0 Å². The van der Waals surface area contributed by atoms with Crippen LogP contribution in [0.15, 0.2) is 18.3 Å². The van der Waals surface area contributed by atoms with Gasteiger partial charge in [-0.1, -0.05) is 0 Å². The highest BCUT2D eigenvalue weighted by atomic mass is 16.5. The van der Waals surface area contributed by atoms with Crippen LogP contribution in [-0.4, -0.2) is 21.7 Å². The van der Waals surface area contributed by atoms with Crippen LogP contribution in [0, 0.1) is 6.92 Å². The molecule has 2 rings (SSSR count). The summed E-state index contributed by atoms with van der Waals surface area (Å²) in [4.78, 5) is 8.34.